The Morgan fingerprint density at radius 3 is 2.50 bits per heavy atom. The van der Waals surface area contributed by atoms with Gasteiger partial charge in [0.05, 0.1) is 5.60 Å². The van der Waals surface area contributed by atoms with Crippen LogP contribution in [-0.4, -0.2) is 46.3 Å². The van der Waals surface area contributed by atoms with Crippen LogP contribution in [0.25, 0.3) is 0 Å². The van der Waals surface area contributed by atoms with Crippen LogP contribution < -0.4 is 0 Å². The molecule has 2 N–H and O–H groups in total. The normalized spacial score (nSPS) is 30.2. The highest BCUT2D eigenvalue weighted by Gasteiger charge is 2.43. The molecule has 0 radical (unpaired) electrons. The van der Waals surface area contributed by atoms with Crippen molar-refractivity contribution in [1.82, 2.24) is 4.90 Å². The molecule has 1 aliphatic heterocycles. The van der Waals surface area contributed by atoms with Crippen molar-refractivity contribution in [3.05, 3.63) is 0 Å². The molecule has 0 aliphatic carbocycles. The highest BCUT2D eigenvalue weighted by molar-refractivity contribution is 5.66. The fourth-order valence-corrected chi connectivity index (χ4v) is 2.17. The molecule has 1 aliphatic rings. The second-order valence-electron chi connectivity index (χ2n) is 5.68. The number of aliphatic carboxylic acids is 1. The Bertz CT molecular complexity index is 261. The number of carbonyl (C=O) groups is 1. The number of aliphatic hydroxyl groups is 1. The van der Waals surface area contributed by atoms with E-state index >= 15 is 0 Å². The Balaban J connectivity index is 2.41. The van der Waals surface area contributed by atoms with Crippen molar-refractivity contribution < 1.29 is 15.0 Å². The lowest BCUT2D eigenvalue weighted by atomic mass is 9.71. The predicted molar refractivity (Wildman–Crippen MR) is 62.3 cm³/mol. The van der Waals surface area contributed by atoms with Gasteiger partial charge in [0.25, 0.3) is 0 Å². The van der Waals surface area contributed by atoms with Crippen LogP contribution in [0.2, 0.25) is 0 Å². The largest absolute Gasteiger partial charge is 0.481 e. The van der Waals surface area contributed by atoms with Gasteiger partial charge >= 0.3 is 5.97 Å². The summed E-state index contributed by atoms with van der Waals surface area (Å²) in [6, 6.07) is 0. The monoisotopic (exact) mass is 229 g/mol. The van der Waals surface area contributed by atoms with Gasteiger partial charge in [-0.05, 0) is 26.3 Å². The number of carboxylic acids is 1. The van der Waals surface area contributed by atoms with Crippen molar-refractivity contribution in [2.45, 2.75) is 45.6 Å². The zero-order chi connectivity index (χ0) is 12.4. The van der Waals surface area contributed by atoms with Crippen molar-refractivity contribution in [2.75, 3.05) is 19.6 Å². The lowest BCUT2D eigenvalue weighted by Gasteiger charge is -2.48. The minimum Gasteiger partial charge on any atom is -0.481 e. The molecular weight excluding hydrogens is 206 g/mol. The summed E-state index contributed by atoms with van der Waals surface area (Å²) in [6.45, 7) is 8.52. The van der Waals surface area contributed by atoms with Gasteiger partial charge in [-0.2, -0.15) is 0 Å². The van der Waals surface area contributed by atoms with Gasteiger partial charge in [0.15, 0.2) is 0 Å². The first-order chi connectivity index (χ1) is 7.24. The third kappa shape index (κ3) is 3.19. The van der Waals surface area contributed by atoms with Crippen LogP contribution in [0.1, 0.15) is 40.0 Å². The van der Waals surface area contributed by atoms with Crippen molar-refractivity contribution >= 4 is 5.97 Å². The summed E-state index contributed by atoms with van der Waals surface area (Å²) in [7, 11) is 0. The minimum absolute atomic E-state index is 0.130. The molecule has 1 fully saturated rings. The lowest BCUT2D eigenvalue weighted by Crippen LogP contribution is -2.55. The minimum atomic E-state index is -0.733. The molecule has 0 spiro atoms. The van der Waals surface area contributed by atoms with Crippen LogP contribution in [0.15, 0.2) is 0 Å². The molecule has 1 saturated heterocycles. The quantitative estimate of drug-likeness (QED) is 0.763. The summed E-state index contributed by atoms with van der Waals surface area (Å²) < 4.78 is 0. The van der Waals surface area contributed by atoms with E-state index in [-0.39, 0.29) is 11.8 Å². The van der Waals surface area contributed by atoms with E-state index < -0.39 is 11.6 Å². The first-order valence-corrected chi connectivity index (χ1v) is 5.91. The van der Waals surface area contributed by atoms with E-state index in [1.54, 1.807) is 0 Å². The fourth-order valence-electron chi connectivity index (χ4n) is 2.17. The molecule has 0 aromatic rings. The van der Waals surface area contributed by atoms with Gasteiger partial charge in [-0.1, -0.05) is 13.8 Å². The van der Waals surface area contributed by atoms with E-state index in [1.807, 2.05) is 6.92 Å². The number of carboxylic acid groups (broad SMARTS) is 1. The highest BCUT2D eigenvalue weighted by atomic mass is 16.4. The molecule has 1 rings (SSSR count). The van der Waals surface area contributed by atoms with Gasteiger partial charge in [-0.25, -0.2) is 0 Å². The molecule has 4 heteroatoms. The molecule has 1 atom stereocenters. The summed E-state index contributed by atoms with van der Waals surface area (Å²) in [6.07, 6.45) is 1.67. The molecule has 0 aromatic heterocycles. The van der Waals surface area contributed by atoms with Crippen LogP contribution in [0.4, 0.5) is 0 Å². The van der Waals surface area contributed by atoms with Crippen molar-refractivity contribution in [3.63, 3.8) is 0 Å². The molecule has 0 bridgehead atoms. The smallest absolute Gasteiger partial charge is 0.303 e. The SMILES string of the molecule is CC1(C)CN(CCCC(=O)O)CC[C@]1(C)O. The first kappa shape index (κ1) is 13.5. The number of hydrogen-bond acceptors (Lipinski definition) is 3. The number of rotatable bonds is 4. The van der Waals surface area contributed by atoms with Gasteiger partial charge in [-0.3, -0.25) is 4.79 Å². The summed E-state index contributed by atoms with van der Waals surface area (Å²) >= 11 is 0. The molecule has 94 valence electrons. The van der Waals surface area contributed by atoms with Gasteiger partial charge in [0.2, 0.25) is 0 Å². The van der Waals surface area contributed by atoms with Gasteiger partial charge < -0.3 is 15.1 Å². The predicted octanol–water partition coefficient (Wildman–Crippen LogP) is 1.33. The van der Waals surface area contributed by atoms with Gasteiger partial charge in [-0.15, -0.1) is 0 Å². The fraction of sp³-hybridized carbons (Fsp3) is 0.917. The second kappa shape index (κ2) is 4.72. The van der Waals surface area contributed by atoms with Crippen molar-refractivity contribution in [1.29, 1.82) is 0 Å². The molecule has 4 nitrogen and oxygen atoms in total. The first-order valence-electron chi connectivity index (χ1n) is 5.91. The van der Waals surface area contributed by atoms with E-state index in [0.717, 1.165) is 26.1 Å². The van der Waals surface area contributed by atoms with E-state index in [4.69, 9.17) is 5.11 Å². The number of nitrogens with zero attached hydrogens (tertiary/aromatic N) is 1. The molecule has 0 unspecified atom stereocenters. The molecule has 0 saturated carbocycles. The summed E-state index contributed by atoms with van der Waals surface area (Å²) in [5, 5.41) is 18.8. The second-order valence-corrected chi connectivity index (χ2v) is 5.68. The Labute approximate surface area is 97.3 Å². The number of likely N-dealkylation sites (tertiary alicyclic amines) is 1. The number of hydrogen-bond donors (Lipinski definition) is 2. The Hall–Kier alpha value is -0.610. The third-order valence-corrected chi connectivity index (χ3v) is 3.86. The van der Waals surface area contributed by atoms with Gasteiger partial charge in [0.1, 0.15) is 0 Å². The Morgan fingerprint density at radius 1 is 1.38 bits per heavy atom. The Kier molecular flexibility index (Phi) is 3.97. The molecule has 1 heterocycles. The molecular formula is C12H23NO3. The average molecular weight is 229 g/mol. The van der Waals surface area contributed by atoms with Crippen LogP contribution >= 0.6 is 0 Å². The molecule has 0 aromatic carbocycles. The number of piperidine rings is 1. The maximum absolute atomic E-state index is 10.4. The van der Waals surface area contributed by atoms with Crippen LogP contribution in [-0.2, 0) is 4.79 Å². The standard InChI is InChI=1S/C12H23NO3/c1-11(2)9-13(7-4-5-10(14)15)8-6-12(11,3)16/h16H,4-9H2,1-3H3,(H,14,15)/t12-/m0/s1. The van der Waals surface area contributed by atoms with E-state index in [2.05, 4.69) is 18.7 Å². The lowest BCUT2D eigenvalue weighted by molar-refractivity contribution is -0.137. The summed E-state index contributed by atoms with van der Waals surface area (Å²) in [4.78, 5) is 12.7. The van der Waals surface area contributed by atoms with Crippen LogP contribution in [0, 0.1) is 5.41 Å². The average Bonchev–Trinajstić information content (AvgIpc) is 2.11. The van der Waals surface area contributed by atoms with Crippen molar-refractivity contribution in [3.8, 4) is 0 Å². The molecule has 0 amide bonds. The van der Waals surface area contributed by atoms with Crippen LogP contribution in [0.3, 0.4) is 0 Å². The molecule has 16 heavy (non-hydrogen) atoms. The van der Waals surface area contributed by atoms with E-state index in [9.17, 15) is 9.90 Å². The highest BCUT2D eigenvalue weighted by Crippen LogP contribution is 2.38. The maximum atomic E-state index is 10.4. The summed E-state index contributed by atoms with van der Waals surface area (Å²) in [5.41, 5.74) is -0.745. The topological polar surface area (TPSA) is 60.8 Å². The summed E-state index contributed by atoms with van der Waals surface area (Å²) in [5.74, 6) is -0.733. The maximum Gasteiger partial charge on any atom is 0.303 e. The Morgan fingerprint density at radius 2 is 2.00 bits per heavy atom. The van der Waals surface area contributed by atoms with E-state index in [0.29, 0.717) is 6.42 Å². The zero-order valence-corrected chi connectivity index (χ0v) is 10.5. The van der Waals surface area contributed by atoms with Gasteiger partial charge in [0, 0.05) is 24.9 Å². The zero-order valence-electron chi connectivity index (χ0n) is 10.5. The third-order valence-electron chi connectivity index (χ3n) is 3.86. The van der Waals surface area contributed by atoms with Crippen molar-refractivity contribution in [2.24, 2.45) is 5.41 Å². The van der Waals surface area contributed by atoms with E-state index in [1.165, 1.54) is 0 Å². The van der Waals surface area contributed by atoms with Crippen LogP contribution in [0.5, 0.6) is 0 Å².